The number of benzene rings is 4. The summed E-state index contributed by atoms with van der Waals surface area (Å²) < 4.78 is 18.4. The molecule has 1 fully saturated rings. The highest BCUT2D eigenvalue weighted by molar-refractivity contribution is 6.01. The summed E-state index contributed by atoms with van der Waals surface area (Å²) in [5.41, 5.74) is 4.61. The van der Waals surface area contributed by atoms with Crippen LogP contribution in [0.3, 0.4) is 0 Å². The van der Waals surface area contributed by atoms with E-state index in [1.807, 2.05) is 25.1 Å². The number of hydrogen-bond acceptors (Lipinski definition) is 5. The second-order valence-corrected chi connectivity index (χ2v) is 10.0. The van der Waals surface area contributed by atoms with Crippen molar-refractivity contribution in [3.8, 4) is 11.5 Å². The van der Waals surface area contributed by atoms with E-state index >= 15 is 0 Å². The lowest BCUT2D eigenvalue weighted by Gasteiger charge is -2.40. The maximum atomic E-state index is 10.5. The summed E-state index contributed by atoms with van der Waals surface area (Å²) >= 11 is 0. The van der Waals surface area contributed by atoms with Crippen LogP contribution in [-0.4, -0.2) is 44.6 Å². The molecule has 6 rings (SSSR count). The molecular weight excluding hydrogens is 474 g/mol. The summed E-state index contributed by atoms with van der Waals surface area (Å²) in [4.78, 5) is 2.39. The van der Waals surface area contributed by atoms with E-state index in [-0.39, 0.29) is 0 Å². The van der Waals surface area contributed by atoms with Crippen LogP contribution in [0.4, 0.5) is 5.69 Å². The Balaban J connectivity index is 1.62. The van der Waals surface area contributed by atoms with Gasteiger partial charge in [-0.3, -0.25) is 0 Å². The maximum absolute atomic E-state index is 10.5. The quantitative estimate of drug-likeness (QED) is 0.349. The molecular formula is C33H33NO4. The first-order valence-electron chi connectivity index (χ1n) is 13.3. The molecule has 1 N–H and O–H groups in total. The van der Waals surface area contributed by atoms with Gasteiger partial charge in [-0.2, -0.15) is 0 Å². The molecule has 2 aliphatic heterocycles. The van der Waals surface area contributed by atoms with E-state index in [0.29, 0.717) is 19.6 Å². The standard InChI is InChI=1S/C33H33NO4/c1-23(35)22-30-27-10-6-7-11-28(27)32-29(31(30)34-18-20-37-21-19-34)16-17-33(38-32,24-8-4-3-5-9-24)25-12-14-26(36-2)15-13-25/h3-17,23,35H,18-22H2,1-2H3. The summed E-state index contributed by atoms with van der Waals surface area (Å²) in [5.74, 6) is 1.67. The fourth-order valence-electron chi connectivity index (χ4n) is 5.80. The Morgan fingerprint density at radius 3 is 2.24 bits per heavy atom. The van der Waals surface area contributed by atoms with Crippen molar-refractivity contribution in [3.05, 3.63) is 107 Å². The van der Waals surface area contributed by atoms with Crippen LogP contribution < -0.4 is 14.4 Å². The average molecular weight is 508 g/mol. The van der Waals surface area contributed by atoms with E-state index in [1.54, 1.807) is 7.11 Å². The van der Waals surface area contributed by atoms with Crippen molar-refractivity contribution in [2.45, 2.75) is 25.0 Å². The largest absolute Gasteiger partial charge is 0.497 e. The molecule has 0 amide bonds. The zero-order valence-electron chi connectivity index (χ0n) is 21.9. The molecule has 5 heteroatoms. The average Bonchev–Trinajstić information content (AvgIpc) is 2.98. The van der Waals surface area contributed by atoms with Crippen LogP contribution in [0.5, 0.6) is 11.5 Å². The van der Waals surface area contributed by atoms with Crippen molar-refractivity contribution in [3.63, 3.8) is 0 Å². The second-order valence-electron chi connectivity index (χ2n) is 10.0. The lowest BCUT2D eigenvalue weighted by Crippen LogP contribution is -2.39. The molecule has 4 aromatic carbocycles. The molecule has 0 aromatic heterocycles. The Bertz CT molecular complexity index is 1460. The van der Waals surface area contributed by atoms with E-state index < -0.39 is 11.7 Å². The van der Waals surface area contributed by atoms with Gasteiger partial charge in [0, 0.05) is 41.6 Å². The Hall–Kier alpha value is -3.80. The molecule has 194 valence electrons. The van der Waals surface area contributed by atoms with Crippen LogP contribution >= 0.6 is 0 Å². The van der Waals surface area contributed by atoms with Gasteiger partial charge in [-0.25, -0.2) is 0 Å². The van der Waals surface area contributed by atoms with E-state index in [4.69, 9.17) is 14.2 Å². The monoisotopic (exact) mass is 507 g/mol. The summed E-state index contributed by atoms with van der Waals surface area (Å²) in [7, 11) is 1.68. The van der Waals surface area contributed by atoms with Gasteiger partial charge in [0.15, 0.2) is 5.60 Å². The first-order valence-corrected chi connectivity index (χ1v) is 13.3. The number of aliphatic hydroxyl groups is 1. The van der Waals surface area contributed by atoms with Crippen LogP contribution in [0.2, 0.25) is 0 Å². The van der Waals surface area contributed by atoms with Gasteiger partial charge < -0.3 is 24.2 Å². The minimum atomic E-state index is -0.808. The van der Waals surface area contributed by atoms with Gasteiger partial charge in [0.2, 0.25) is 0 Å². The number of anilines is 1. The molecule has 2 unspecified atom stereocenters. The van der Waals surface area contributed by atoms with E-state index in [2.05, 4.69) is 77.7 Å². The van der Waals surface area contributed by atoms with Gasteiger partial charge in [0.25, 0.3) is 0 Å². The van der Waals surface area contributed by atoms with Gasteiger partial charge >= 0.3 is 0 Å². The molecule has 2 atom stereocenters. The number of hydrogen-bond donors (Lipinski definition) is 1. The first kappa shape index (κ1) is 24.5. The molecule has 1 saturated heterocycles. The van der Waals surface area contributed by atoms with Gasteiger partial charge in [-0.15, -0.1) is 0 Å². The fraction of sp³-hybridized carbons (Fsp3) is 0.273. The number of rotatable bonds is 6. The van der Waals surface area contributed by atoms with Gasteiger partial charge in [0.1, 0.15) is 11.5 Å². The molecule has 0 spiro atoms. The van der Waals surface area contributed by atoms with Crippen LogP contribution in [0.1, 0.15) is 29.2 Å². The molecule has 4 aromatic rings. The lowest BCUT2D eigenvalue weighted by molar-refractivity contribution is 0.122. The van der Waals surface area contributed by atoms with Crippen LogP contribution in [0.15, 0.2) is 84.9 Å². The van der Waals surface area contributed by atoms with Crippen molar-refractivity contribution < 1.29 is 19.3 Å². The predicted molar refractivity (Wildman–Crippen MR) is 152 cm³/mol. The maximum Gasteiger partial charge on any atom is 0.178 e. The highest BCUT2D eigenvalue weighted by atomic mass is 16.5. The Morgan fingerprint density at radius 1 is 0.895 bits per heavy atom. The predicted octanol–water partition coefficient (Wildman–Crippen LogP) is 5.96. The normalized spacial score (nSPS) is 19.6. The molecule has 5 nitrogen and oxygen atoms in total. The molecule has 38 heavy (non-hydrogen) atoms. The number of morpholine rings is 1. The third-order valence-corrected chi connectivity index (χ3v) is 7.58. The zero-order valence-corrected chi connectivity index (χ0v) is 21.9. The van der Waals surface area contributed by atoms with Crippen molar-refractivity contribution >= 4 is 22.5 Å². The molecule has 2 aliphatic rings. The van der Waals surface area contributed by atoms with Crippen LogP contribution in [0, 0.1) is 0 Å². The van der Waals surface area contributed by atoms with Crippen molar-refractivity contribution in [1.29, 1.82) is 0 Å². The summed E-state index contributed by atoms with van der Waals surface area (Å²) in [6, 6.07) is 26.9. The van der Waals surface area contributed by atoms with Crippen molar-refractivity contribution in [1.82, 2.24) is 0 Å². The second kappa shape index (κ2) is 10.2. The van der Waals surface area contributed by atoms with Gasteiger partial charge in [-0.05, 0) is 42.2 Å². The molecule has 0 bridgehead atoms. The summed E-state index contributed by atoms with van der Waals surface area (Å²) in [6.07, 6.45) is 4.50. The van der Waals surface area contributed by atoms with E-state index in [9.17, 15) is 5.11 Å². The first-order chi connectivity index (χ1) is 18.6. The number of aliphatic hydroxyl groups excluding tert-OH is 1. The summed E-state index contributed by atoms with van der Waals surface area (Å²) in [6.45, 7) is 4.81. The third-order valence-electron chi connectivity index (χ3n) is 7.58. The molecule has 0 aliphatic carbocycles. The SMILES string of the molecule is COc1ccc(C2(c3ccccc3)C=Cc3c(N4CCOCC4)c(CC(C)O)c4ccccc4c3O2)cc1. The minimum Gasteiger partial charge on any atom is -0.497 e. The highest BCUT2D eigenvalue weighted by Crippen LogP contribution is 2.50. The van der Waals surface area contributed by atoms with Crippen molar-refractivity contribution in [2.24, 2.45) is 0 Å². The smallest absolute Gasteiger partial charge is 0.178 e. The van der Waals surface area contributed by atoms with E-state index in [1.165, 1.54) is 0 Å². The number of methoxy groups -OCH3 is 1. The zero-order chi connectivity index (χ0) is 26.1. The van der Waals surface area contributed by atoms with Crippen molar-refractivity contribution in [2.75, 3.05) is 38.3 Å². The minimum absolute atomic E-state index is 0.465. The number of nitrogens with zero attached hydrogens (tertiary/aromatic N) is 1. The molecule has 0 radical (unpaired) electrons. The van der Waals surface area contributed by atoms with Crippen LogP contribution in [0.25, 0.3) is 16.8 Å². The molecule has 0 saturated carbocycles. The highest BCUT2D eigenvalue weighted by Gasteiger charge is 2.39. The van der Waals surface area contributed by atoms with Crippen LogP contribution in [-0.2, 0) is 16.8 Å². The number of fused-ring (bicyclic) bond motifs is 3. The fourth-order valence-corrected chi connectivity index (χ4v) is 5.80. The summed E-state index contributed by atoms with van der Waals surface area (Å²) in [5, 5.41) is 12.7. The topological polar surface area (TPSA) is 51.2 Å². The lowest BCUT2D eigenvalue weighted by atomic mass is 9.82. The van der Waals surface area contributed by atoms with Gasteiger partial charge in [0.05, 0.1) is 32.1 Å². The number of ether oxygens (including phenoxy) is 3. The third kappa shape index (κ3) is 4.22. The van der Waals surface area contributed by atoms with E-state index in [0.717, 1.165) is 63.3 Å². The Labute approximate surface area is 223 Å². The van der Waals surface area contributed by atoms with Gasteiger partial charge in [-0.1, -0.05) is 66.7 Å². The molecule has 2 heterocycles. The Kier molecular flexibility index (Phi) is 6.56. The Morgan fingerprint density at radius 2 is 1.55 bits per heavy atom.